The lowest BCUT2D eigenvalue weighted by molar-refractivity contribution is 0.493. The van der Waals surface area contributed by atoms with E-state index in [0.717, 1.165) is 31.2 Å². The Morgan fingerprint density at radius 3 is 2.48 bits per heavy atom. The Kier molecular flexibility index (Phi) is 5.88. The lowest BCUT2D eigenvalue weighted by atomic mass is 10.1. The third-order valence-electron chi connectivity index (χ3n) is 4.43. The van der Waals surface area contributed by atoms with Gasteiger partial charge in [0.1, 0.15) is 0 Å². The maximum atomic E-state index is 11.8. The summed E-state index contributed by atoms with van der Waals surface area (Å²) < 4.78 is 1.71. The molecule has 132 valence electrons. The number of nitrogens with one attached hydrogen (secondary N) is 1. The number of hydrogen-bond acceptors (Lipinski definition) is 2. The van der Waals surface area contributed by atoms with Gasteiger partial charge in [0.25, 0.3) is 5.56 Å². The van der Waals surface area contributed by atoms with Crippen LogP contribution in [0.15, 0.2) is 58.4 Å². The van der Waals surface area contributed by atoms with E-state index in [1.165, 1.54) is 18.4 Å². The van der Waals surface area contributed by atoms with Crippen LogP contribution in [0.2, 0.25) is 0 Å². The molecular formula is C20H26N4O. The number of nitrogens with zero attached hydrogens (tertiary/aromatic N) is 3. The monoisotopic (exact) mass is 338 g/mol. The van der Waals surface area contributed by atoms with Gasteiger partial charge in [0.2, 0.25) is 0 Å². The molecule has 1 saturated heterocycles. The fourth-order valence-electron chi connectivity index (χ4n) is 3.06. The Balaban J connectivity index is 1.64. The Hall–Kier alpha value is -2.56. The molecule has 0 spiro atoms. The molecule has 1 fully saturated rings. The maximum absolute atomic E-state index is 11.8. The first-order valence-corrected chi connectivity index (χ1v) is 9.03. The van der Waals surface area contributed by atoms with Crippen molar-refractivity contribution in [2.75, 3.05) is 19.6 Å². The first-order chi connectivity index (χ1) is 12.3. The number of aromatic nitrogens is 1. The number of hydrogen-bond donors (Lipinski definition) is 1. The minimum atomic E-state index is 0.0251. The van der Waals surface area contributed by atoms with Crippen molar-refractivity contribution in [1.29, 1.82) is 0 Å². The molecule has 5 nitrogen and oxygen atoms in total. The lowest BCUT2D eigenvalue weighted by Crippen LogP contribution is -2.39. The molecule has 25 heavy (non-hydrogen) atoms. The second-order valence-electron chi connectivity index (χ2n) is 6.35. The van der Waals surface area contributed by atoms with Gasteiger partial charge in [-0.2, -0.15) is 0 Å². The average molecular weight is 338 g/mol. The van der Waals surface area contributed by atoms with E-state index in [-0.39, 0.29) is 5.56 Å². The van der Waals surface area contributed by atoms with Crippen molar-refractivity contribution in [1.82, 2.24) is 14.8 Å². The zero-order valence-corrected chi connectivity index (χ0v) is 14.8. The van der Waals surface area contributed by atoms with Crippen LogP contribution in [0.5, 0.6) is 0 Å². The van der Waals surface area contributed by atoms with Crippen LogP contribution in [0.25, 0.3) is 0 Å². The van der Waals surface area contributed by atoms with Gasteiger partial charge >= 0.3 is 0 Å². The van der Waals surface area contributed by atoms with Crippen LogP contribution in [-0.4, -0.2) is 35.1 Å². The number of benzene rings is 1. The minimum absolute atomic E-state index is 0.0251. The van der Waals surface area contributed by atoms with Crippen molar-refractivity contribution in [3.05, 3.63) is 70.1 Å². The van der Waals surface area contributed by atoms with Crippen LogP contribution in [0.3, 0.4) is 0 Å². The summed E-state index contributed by atoms with van der Waals surface area (Å²) in [6, 6.07) is 13.6. The number of aliphatic imine (C=N–C) groups is 1. The molecule has 0 aliphatic carbocycles. The molecular weight excluding hydrogens is 312 g/mol. The van der Waals surface area contributed by atoms with Gasteiger partial charge < -0.3 is 14.8 Å². The molecule has 0 radical (unpaired) electrons. The van der Waals surface area contributed by atoms with E-state index in [1.54, 1.807) is 16.7 Å². The van der Waals surface area contributed by atoms with Crippen LogP contribution < -0.4 is 10.9 Å². The second kappa shape index (κ2) is 8.51. The van der Waals surface area contributed by atoms with Crippen LogP contribution in [0.4, 0.5) is 0 Å². The summed E-state index contributed by atoms with van der Waals surface area (Å²) in [6.45, 7) is 6.45. The zero-order valence-electron chi connectivity index (χ0n) is 14.8. The van der Waals surface area contributed by atoms with E-state index in [2.05, 4.69) is 41.4 Å². The highest BCUT2D eigenvalue weighted by Gasteiger charge is 2.15. The summed E-state index contributed by atoms with van der Waals surface area (Å²) >= 11 is 0. The number of pyridine rings is 1. The first-order valence-electron chi connectivity index (χ1n) is 9.03. The fourth-order valence-corrected chi connectivity index (χ4v) is 3.06. The van der Waals surface area contributed by atoms with Gasteiger partial charge in [-0.1, -0.05) is 30.3 Å². The number of likely N-dealkylation sites (tertiary alicyclic amines) is 1. The highest BCUT2D eigenvalue weighted by Crippen LogP contribution is 2.10. The highest BCUT2D eigenvalue weighted by atomic mass is 16.1. The van der Waals surface area contributed by atoms with E-state index in [4.69, 9.17) is 4.99 Å². The van der Waals surface area contributed by atoms with Gasteiger partial charge in [-0.05, 0) is 37.0 Å². The third kappa shape index (κ3) is 4.72. The highest BCUT2D eigenvalue weighted by molar-refractivity contribution is 5.80. The summed E-state index contributed by atoms with van der Waals surface area (Å²) in [5.41, 5.74) is 2.32. The Morgan fingerprint density at radius 1 is 1.08 bits per heavy atom. The molecule has 1 aliphatic rings. The summed E-state index contributed by atoms with van der Waals surface area (Å²) in [5, 5.41) is 3.38. The molecule has 3 rings (SSSR count). The Labute approximate surface area is 149 Å². The largest absolute Gasteiger partial charge is 0.357 e. The molecule has 0 amide bonds. The van der Waals surface area contributed by atoms with Gasteiger partial charge in [0, 0.05) is 31.9 Å². The SMILES string of the molecule is CCNC(=NCc1ccc(Cn2ccccc2=O)cc1)N1CCCC1. The standard InChI is InChI=1S/C20H26N4O/c1-2-21-20(23-12-5-6-13-23)22-15-17-8-10-18(11-9-17)16-24-14-4-3-7-19(24)25/h3-4,7-11,14H,2,5-6,12-13,15-16H2,1H3,(H,21,22). The van der Waals surface area contributed by atoms with E-state index in [1.807, 2.05) is 12.3 Å². The zero-order chi connectivity index (χ0) is 17.5. The van der Waals surface area contributed by atoms with Gasteiger partial charge in [0.05, 0.1) is 13.1 Å². The van der Waals surface area contributed by atoms with Gasteiger partial charge in [-0.25, -0.2) is 4.99 Å². The van der Waals surface area contributed by atoms with Crippen molar-refractivity contribution < 1.29 is 0 Å². The summed E-state index contributed by atoms with van der Waals surface area (Å²) in [4.78, 5) is 18.9. The summed E-state index contributed by atoms with van der Waals surface area (Å²) in [5.74, 6) is 1.01. The van der Waals surface area contributed by atoms with E-state index < -0.39 is 0 Å². The maximum Gasteiger partial charge on any atom is 0.250 e. The Morgan fingerprint density at radius 2 is 1.80 bits per heavy atom. The molecule has 2 aromatic rings. The smallest absolute Gasteiger partial charge is 0.250 e. The van der Waals surface area contributed by atoms with Gasteiger partial charge in [-0.3, -0.25) is 4.79 Å². The molecule has 5 heteroatoms. The molecule has 1 aromatic heterocycles. The molecule has 1 aromatic carbocycles. The molecule has 0 atom stereocenters. The minimum Gasteiger partial charge on any atom is -0.357 e. The van der Waals surface area contributed by atoms with Crippen LogP contribution in [0, 0.1) is 0 Å². The van der Waals surface area contributed by atoms with Gasteiger partial charge in [0.15, 0.2) is 5.96 Å². The van der Waals surface area contributed by atoms with Crippen molar-refractivity contribution >= 4 is 5.96 Å². The van der Waals surface area contributed by atoms with Crippen LogP contribution >= 0.6 is 0 Å². The van der Waals surface area contributed by atoms with E-state index >= 15 is 0 Å². The summed E-state index contributed by atoms with van der Waals surface area (Å²) in [6.07, 6.45) is 4.31. The van der Waals surface area contributed by atoms with Crippen molar-refractivity contribution in [3.8, 4) is 0 Å². The van der Waals surface area contributed by atoms with Crippen molar-refractivity contribution in [3.63, 3.8) is 0 Å². The summed E-state index contributed by atoms with van der Waals surface area (Å²) in [7, 11) is 0. The molecule has 0 bridgehead atoms. The Bertz CT molecular complexity index is 758. The van der Waals surface area contributed by atoms with Gasteiger partial charge in [-0.15, -0.1) is 0 Å². The topological polar surface area (TPSA) is 49.6 Å². The third-order valence-corrected chi connectivity index (χ3v) is 4.43. The average Bonchev–Trinajstić information content (AvgIpc) is 3.16. The molecule has 1 aliphatic heterocycles. The molecule has 0 saturated carbocycles. The molecule has 1 N–H and O–H groups in total. The fraction of sp³-hybridized carbons (Fsp3) is 0.400. The number of rotatable bonds is 5. The predicted molar refractivity (Wildman–Crippen MR) is 102 cm³/mol. The normalized spacial score (nSPS) is 14.8. The first kappa shape index (κ1) is 17.3. The molecule has 0 unspecified atom stereocenters. The number of guanidine groups is 1. The van der Waals surface area contributed by atoms with Crippen molar-refractivity contribution in [2.24, 2.45) is 4.99 Å². The van der Waals surface area contributed by atoms with Crippen LogP contribution in [0.1, 0.15) is 30.9 Å². The van der Waals surface area contributed by atoms with E-state index in [9.17, 15) is 4.79 Å². The predicted octanol–water partition coefficient (Wildman–Crippen LogP) is 2.46. The second-order valence-corrected chi connectivity index (χ2v) is 6.35. The molecule has 2 heterocycles. The van der Waals surface area contributed by atoms with E-state index in [0.29, 0.717) is 13.1 Å². The van der Waals surface area contributed by atoms with Crippen LogP contribution in [-0.2, 0) is 13.1 Å². The van der Waals surface area contributed by atoms with Crippen molar-refractivity contribution in [2.45, 2.75) is 32.9 Å². The quantitative estimate of drug-likeness (QED) is 0.673. The lowest BCUT2D eigenvalue weighted by Gasteiger charge is -2.20.